The normalized spacial score (nSPS) is 28.1. The summed E-state index contributed by atoms with van der Waals surface area (Å²) >= 11 is 0. The summed E-state index contributed by atoms with van der Waals surface area (Å²) in [6.45, 7) is 3.98. The van der Waals surface area contributed by atoms with E-state index in [1.54, 1.807) is 0 Å². The van der Waals surface area contributed by atoms with E-state index in [2.05, 4.69) is 0 Å². The average molecular weight is 381 g/mol. The van der Waals surface area contributed by atoms with Crippen LogP contribution in [-0.4, -0.2) is 24.9 Å². The van der Waals surface area contributed by atoms with Crippen molar-refractivity contribution in [1.29, 1.82) is 0 Å². The van der Waals surface area contributed by atoms with Gasteiger partial charge in [-0.25, -0.2) is 0 Å². The number of benzene rings is 1. The summed E-state index contributed by atoms with van der Waals surface area (Å²) in [5.41, 5.74) is -0.111. The van der Waals surface area contributed by atoms with E-state index in [1.807, 2.05) is 13.8 Å². The van der Waals surface area contributed by atoms with Crippen molar-refractivity contribution in [3.8, 4) is 5.75 Å². The molecule has 2 aliphatic heterocycles. The number of rotatable bonds is 3. The maximum atomic E-state index is 13.0. The molecule has 9 heteroatoms. The predicted molar refractivity (Wildman–Crippen MR) is 93.5 cm³/mol. The Morgan fingerprint density at radius 1 is 1.23 bits per heavy atom. The maximum absolute atomic E-state index is 13.0. The minimum atomic E-state index is -4.21. The van der Waals surface area contributed by atoms with Gasteiger partial charge in [-0.1, -0.05) is 0 Å². The molecule has 140 valence electrons. The van der Waals surface area contributed by atoms with Crippen LogP contribution in [0.2, 0.25) is 0 Å². The monoisotopic (exact) mass is 381 g/mol. The topological polar surface area (TPSA) is 97.1 Å². The molecule has 1 aromatic carbocycles. The zero-order valence-corrected chi connectivity index (χ0v) is 15.9. The van der Waals surface area contributed by atoms with Gasteiger partial charge < -0.3 is 0 Å². The van der Waals surface area contributed by atoms with Crippen molar-refractivity contribution in [2.24, 2.45) is 5.41 Å². The van der Waals surface area contributed by atoms with Crippen LogP contribution < -0.4 is 4.52 Å². The van der Waals surface area contributed by atoms with Crippen LogP contribution in [0.5, 0.6) is 5.75 Å². The first-order valence-corrected chi connectivity index (χ1v) is 10.2. The minimum absolute atomic E-state index is 0.0650. The number of nitrogens with zero attached hydrogens (tertiary/aromatic N) is 1. The molecule has 3 aliphatic rings. The summed E-state index contributed by atoms with van der Waals surface area (Å²) in [5.74, 6) is 0.825. The number of non-ortho nitro benzene ring substituents is 1. The van der Waals surface area contributed by atoms with Crippen molar-refractivity contribution in [1.82, 2.24) is 0 Å². The molecule has 1 unspecified atom stereocenters. The SMILES string of the molecule is COP12(OC)OC3=C(C(=O)CC(C)(C)C3)C1c1cc([N+](=O)[O-])ccc1O2. The van der Waals surface area contributed by atoms with Crippen molar-refractivity contribution >= 4 is 19.0 Å². The molecule has 1 aromatic rings. The Labute approximate surface area is 150 Å². The van der Waals surface area contributed by atoms with E-state index in [1.165, 1.54) is 32.4 Å². The van der Waals surface area contributed by atoms with E-state index in [-0.39, 0.29) is 16.9 Å². The fraction of sp³-hybridized carbons (Fsp3) is 0.471. The third-order valence-electron chi connectivity index (χ3n) is 5.27. The number of nitro groups is 1. The van der Waals surface area contributed by atoms with Crippen LogP contribution in [0.3, 0.4) is 0 Å². The molecule has 4 rings (SSSR count). The molecule has 26 heavy (non-hydrogen) atoms. The third kappa shape index (κ3) is 2.03. The van der Waals surface area contributed by atoms with Gasteiger partial charge in [0.15, 0.2) is 0 Å². The zero-order valence-electron chi connectivity index (χ0n) is 15.0. The first kappa shape index (κ1) is 17.4. The summed E-state index contributed by atoms with van der Waals surface area (Å²) in [5, 5.41) is 11.2. The Morgan fingerprint density at radius 2 is 1.92 bits per heavy atom. The average Bonchev–Trinajstić information content (AvgIpc) is 3.00. The molecule has 1 atom stereocenters. The second kappa shape index (κ2) is 5.03. The Bertz CT molecular complexity index is 887. The summed E-state index contributed by atoms with van der Waals surface area (Å²) < 4.78 is 23.8. The molecular formula is C17H20NO7P. The van der Waals surface area contributed by atoms with Crippen molar-refractivity contribution < 1.29 is 27.8 Å². The van der Waals surface area contributed by atoms with Crippen LogP contribution >= 0.6 is 7.51 Å². The first-order chi connectivity index (χ1) is 12.1. The summed E-state index contributed by atoms with van der Waals surface area (Å²) in [4.78, 5) is 23.7. The zero-order chi connectivity index (χ0) is 18.9. The molecule has 2 heterocycles. The van der Waals surface area contributed by atoms with Crippen molar-refractivity contribution in [3.63, 3.8) is 0 Å². The fourth-order valence-corrected chi connectivity index (χ4v) is 7.70. The number of ketones is 1. The first-order valence-electron chi connectivity index (χ1n) is 8.24. The summed E-state index contributed by atoms with van der Waals surface area (Å²) in [6.07, 6.45) is 0.901. The molecule has 0 aromatic heterocycles. The van der Waals surface area contributed by atoms with E-state index in [4.69, 9.17) is 18.1 Å². The van der Waals surface area contributed by atoms with Gasteiger partial charge in [-0.3, -0.25) is 0 Å². The van der Waals surface area contributed by atoms with E-state index < -0.39 is 18.1 Å². The number of hydrogen-bond acceptors (Lipinski definition) is 7. The quantitative estimate of drug-likeness (QED) is 0.439. The number of carbonyl (C=O) groups excluding carboxylic acids is 1. The Hall–Kier alpha value is -2.02. The summed E-state index contributed by atoms with van der Waals surface area (Å²) in [6, 6.07) is 4.26. The van der Waals surface area contributed by atoms with Crippen LogP contribution in [0.15, 0.2) is 29.5 Å². The second-order valence-electron chi connectivity index (χ2n) is 7.58. The fourth-order valence-electron chi connectivity index (χ4n) is 4.14. The van der Waals surface area contributed by atoms with Gasteiger partial charge >= 0.3 is 150 Å². The Morgan fingerprint density at radius 3 is 2.54 bits per heavy atom. The summed E-state index contributed by atoms with van der Waals surface area (Å²) in [7, 11) is -1.37. The van der Waals surface area contributed by atoms with Crippen molar-refractivity contribution in [2.45, 2.75) is 32.3 Å². The van der Waals surface area contributed by atoms with Gasteiger partial charge in [0.05, 0.1) is 0 Å². The van der Waals surface area contributed by atoms with Crippen LogP contribution in [-0.2, 0) is 18.4 Å². The standard InChI is InChI=1S/C17H20NO7P/c1-17(2)8-12(19)15-14(9-17)25-26(22-3,23-4)16(15)11-7-10(18(20)21)5-6-13(11)24-26/h5-7,16H,8-9H2,1-4H3. The van der Waals surface area contributed by atoms with Gasteiger partial charge in [0.25, 0.3) is 0 Å². The van der Waals surface area contributed by atoms with Gasteiger partial charge in [-0.15, -0.1) is 0 Å². The molecule has 0 spiro atoms. The van der Waals surface area contributed by atoms with Gasteiger partial charge in [0, 0.05) is 0 Å². The van der Waals surface area contributed by atoms with Gasteiger partial charge in [-0.2, -0.15) is 0 Å². The molecule has 0 amide bonds. The van der Waals surface area contributed by atoms with Crippen LogP contribution in [0.1, 0.15) is 37.9 Å². The third-order valence-corrected chi connectivity index (χ3v) is 9.04. The van der Waals surface area contributed by atoms with Gasteiger partial charge in [0.1, 0.15) is 0 Å². The molecule has 0 saturated heterocycles. The molecular weight excluding hydrogens is 361 g/mol. The van der Waals surface area contributed by atoms with E-state index in [0.717, 1.165) is 0 Å². The second-order valence-corrected chi connectivity index (χ2v) is 10.9. The van der Waals surface area contributed by atoms with E-state index in [0.29, 0.717) is 35.5 Å². The Kier molecular flexibility index (Phi) is 3.37. The number of allylic oxidation sites excluding steroid dienone is 2. The molecule has 1 aliphatic carbocycles. The number of fused-ring (bicyclic) bond motifs is 4. The Balaban J connectivity index is 1.96. The van der Waals surface area contributed by atoms with Crippen LogP contribution in [0.4, 0.5) is 5.69 Å². The van der Waals surface area contributed by atoms with E-state index in [9.17, 15) is 14.9 Å². The van der Waals surface area contributed by atoms with Crippen molar-refractivity contribution in [3.05, 3.63) is 45.2 Å². The molecule has 0 N–H and O–H groups in total. The van der Waals surface area contributed by atoms with Crippen LogP contribution in [0, 0.1) is 15.5 Å². The van der Waals surface area contributed by atoms with E-state index >= 15 is 0 Å². The number of nitro benzene ring substituents is 1. The van der Waals surface area contributed by atoms with Crippen molar-refractivity contribution in [2.75, 3.05) is 14.2 Å². The van der Waals surface area contributed by atoms with Gasteiger partial charge in [0.2, 0.25) is 0 Å². The number of Topliss-reactive ketones (excluding diaryl/α,β-unsaturated/α-hetero) is 1. The molecule has 0 fully saturated rings. The molecule has 8 nitrogen and oxygen atoms in total. The van der Waals surface area contributed by atoms with Crippen LogP contribution in [0.25, 0.3) is 0 Å². The van der Waals surface area contributed by atoms with Gasteiger partial charge in [-0.05, 0) is 0 Å². The number of hydrogen-bond donors (Lipinski definition) is 0. The molecule has 0 saturated carbocycles. The molecule has 0 radical (unpaired) electrons. The predicted octanol–water partition coefficient (Wildman–Crippen LogP) is 4.21. The number of carbonyl (C=O) groups is 1. The molecule has 0 bridgehead atoms.